The summed E-state index contributed by atoms with van der Waals surface area (Å²) in [6.07, 6.45) is -2.17. The van der Waals surface area contributed by atoms with Crippen LogP contribution in [0, 0.1) is 11.3 Å². The van der Waals surface area contributed by atoms with E-state index in [1.54, 1.807) is 6.07 Å². The van der Waals surface area contributed by atoms with E-state index in [1.165, 1.54) is 17.0 Å². The molecule has 0 aliphatic carbocycles. The Morgan fingerprint density at radius 1 is 1.12 bits per heavy atom. The van der Waals surface area contributed by atoms with Crippen molar-refractivity contribution in [1.82, 2.24) is 4.57 Å². The van der Waals surface area contributed by atoms with Gasteiger partial charge in [-0.15, -0.1) is 0 Å². The van der Waals surface area contributed by atoms with Crippen molar-refractivity contribution in [2.75, 3.05) is 6.01 Å². The highest BCUT2D eigenvalue weighted by molar-refractivity contribution is 8.65. The third-order valence-corrected chi connectivity index (χ3v) is 6.28. The van der Waals surface area contributed by atoms with Crippen molar-refractivity contribution in [3.05, 3.63) is 45.7 Å². The lowest BCUT2D eigenvalue weighted by molar-refractivity contribution is -0.137. The minimum Gasteiger partial charge on any atom is -0.319 e. The number of benzene rings is 1. The van der Waals surface area contributed by atoms with E-state index in [2.05, 4.69) is 0 Å². The Balaban J connectivity index is 2.65. The summed E-state index contributed by atoms with van der Waals surface area (Å²) < 4.78 is 52.5. The number of alkyl halides is 4. The second kappa shape index (κ2) is 6.85. The number of rotatable bonds is 3. The molecule has 2 nitrogen and oxygen atoms in total. The molecule has 0 spiro atoms. The lowest BCUT2D eigenvalue weighted by atomic mass is 10.2. The Morgan fingerprint density at radius 3 is 2.08 bits per heavy atom. The average Bonchev–Trinajstić information content (AvgIpc) is 2.90. The summed E-state index contributed by atoms with van der Waals surface area (Å²) in [6.45, 7) is 0. The topological polar surface area (TPSA) is 28.7 Å². The van der Waals surface area contributed by atoms with Crippen LogP contribution in [-0.2, 0) is 6.18 Å². The van der Waals surface area contributed by atoms with Crippen LogP contribution in [0.5, 0.6) is 0 Å². The van der Waals surface area contributed by atoms with Crippen LogP contribution in [0.4, 0.5) is 17.6 Å². The highest BCUT2D eigenvalue weighted by atomic mass is 36.0. The molecule has 1 aromatic heterocycles. The summed E-state index contributed by atoms with van der Waals surface area (Å²) in [5.74, 6) is 0. The minimum absolute atomic E-state index is 0.00326. The van der Waals surface area contributed by atoms with E-state index in [4.69, 9.17) is 49.8 Å². The SMILES string of the molecule is N#Cc1cn(-c2c(Cl)cc(C(F)(F)F)cc2Cl)cc1S(Cl)(Cl)CF. The van der Waals surface area contributed by atoms with Crippen LogP contribution in [0.1, 0.15) is 11.1 Å². The fourth-order valence-electron chi connectivity index (χ4n) is 1.92. The first-order valence-electron chi connectivity index (χ1n) is 5.96. The predicted molar refractivity (Wildman–Crippen MR) is 89.0 cm³/mol. The molecule has 0 bridgehead atoms. The molecule has 2 rings (SSSR count). The zero-order valence-corrected chi connectivity index (χ0v) is 15.2. The molecule has 0 N–H and O–H groups in total. The van der Waals surface area contributed by atoms with Crippen LogP contribution in [0.25, 0.3) is 5.69 Å². The number of nitrogens with zero attached hydrogens (tertiary/aromatic N) is 2. The van der Waals surface area contributed by atoms with E-state index >= 15 is 0 Å². The van der Waals surface area contributed by atoms with E-state index in [9.17, 15) is 17.6 Å². The Labute approximate surface area is 154 Å². The molecule has 0 fully saturated rings. The second-order valence-corrected chi connectivity index (χ2v) is 10.8. The molecule has 0 saturated heterocycles. The van der Waals surface area contributed by atoms with Crippen LogP contribution in [0.15, 0.2) is 29.4 Å². The first-order chi connectivity index (χ1) is 11.0. The largest absolute Gasteiger partial charge is 0.416 e. The van der Waals surface area contributed by atoms with Gasteiger partial charge in [-0.1, -0.05) is 23.2 Å². The fraction of sp³-hybridized carbons (Fsp3) is 0.154. The maximum absolute atomic E-state index is 13.0. The molecule has 1 aromatic carbocycles. The van der Waals surface area contributed by atoms with Gasteiger partial charge in [0, 0.05) is 12.4 Å². The molecule has 0 atom stereocenters. The normalized spacial score (nSPS) is 13.0. The highest BCUT2D eigenvalue weighted by Gasteiger charge is 2.33. The fourth-order valence-corrected chi connectivity index (χ4v) is 4.15. The number of hydrogen-bond donors (Lipinski definition) is 0. The summed E-state index contributed by atoms with van der Waals surface area (Å²) >= 11 is 11.8. The van der Waals surface area contributed by atoms with Crippen molar-refractivity contribution < 1.29 is 17.6 Å². The zero-order chi connectivity index (χ0) is 18.3. The van der Waals surface area contributed by atoms with Crippen LogP contribution >= 0.6 is 53.0 Å². The van der Waals surface area contributed by atoms with Crippen LogP contribution in [-0.4, -0.2) is 10.6 Å². The van der Waals surface area contributed by atoms with Gasteiger partial charge < -0.3 is 4.57 Å². The van der Waals surface area contributed by atoms with E-state index in [1.807, 2.05) is 0 Å². The molecule has 24 heavy (non-hydrogen) atoms. The van der Waals surface area contributed by atoms with Gasteiger partial charge in [-0.25, -0.2) is 4.39 Å². The van der Waals surface area contributed by atoms with Gasteiger partial charge in [-0.2, -0.15) is 18.4 Å². The average molecular weight is 440 g/mol. The van der Waals surface area contributed by atoms with Crippen molar-refractivity contribution in [2.45, 2.75) is 11.1 Å². The van der Waals surface area contributed by atoms with Crippen molar-refractivity contribution in [3.8, 4) is 11.8 Å². The lowest BCUT2D eigenvalue weighted by Crippen LogP contribution is -2.06. The van der Waals surface area contributed by atoms with Crippen LogP contribution in [0.3, 0.4) is 0 Å². The van der Waals surface area contributed by atoms with Gasteiger partial charge in [0.1, 0.15) is 12.1 Å². The molecular weight excluding hydrogens is 434 g/mol. The molecule has 0 radical (unpaired) electrons. The molecule has 0 unspecified atom stereocenters. The number of nitriles is 1. The Kier molecular flexibility index (Phi) is 5.58. The molecule has 1 heterocycles. The summed E-state index contributed by atoms with van der Waals surface area (Å²) in [4.78, 5) is 0.0304. The summed E-state index contributed by atoms with van der Waals surface area (Å²) in [6, 6.07) is 2.10. The number of hydrogen-bond acceptors (Lipinski definition) is 1. The van der Waals surface area contributed by atoms with Crippen molar-refractivity contribution in [3.63, 3.8) is 0 Å². The van der Waals surface area contributed by atoms with Crippen molar-refractivity contribution in [2.24, 2.45) is 0 Å². The van der Waals surface area contributed by atoms with Gasteiger partial charge in [0.05, 0.1) is 31.8 Å². The molecule has 0 aliphatic heterocycles. The molecule has 0 amide bonds. The third kappa shape index (κ3) is 3.73. The Hall–Kier alpha value is -0.780. The molecule has 0 aliphatic rings. The quantitative estimate of drug-likeness (QED) is 0.470. The van der Waals surface area contributed by atoms with Gasteiger partial charge in [-0.05, 0) is 42.0 Å². The van der Waals surface area contributed by atoms with E-state index in [0.29, 0.717) is 12.1 Å². The molecule has 0 saturated carbocycles. The molecule has 130 valence electrons. The highest BCUT2D eigenvalue weighted by Crippen LogP contribution is 2.66. The maximum atomic E-state index is 13.0. The summed E-state index contributed by atoms with van der Waals surface area (Å²) in [5.41, 5.74) is -1.05. The van der Waals surface area contributed by atoms with Gasteiger partial charge in [-0.3, -0.25) is 0 Å². The van der Waals surface area contributed by atoms with Crippen LogP contribution in [0.2, 0.25) is 10.0 Å². The van der Waals surface area contributed by atoms with Gasteiger partial charge in [0.25, 0.3) is 0 Å². The van der Waals surface area contributed by atoms with Gasteiger partial charge in [0.2, 0.25) is 0 Å². The van der Waals surface area contributed by atoms with E-state index in [-0.39, 0.29) is 26.2 Å². The Bertz CT molecular complexity index is 803. The lowest BCUT2D eigenvalue weighted by Gasteiger charge is -2.19. The standard InChI is InChI=1S/C13H6Cl4F4N2S/c14-9-1-8(13(19,20)21)2-10(15)12(9)23-4-7(3-22)11(5-23)24(16,17)6-18/h1-2,4-5H,6H2. The molecule has 2 aromatic rings. The number of aromatic nitrogens is 1. The molecular formula is C13H6Cl4F4N2S. The maximum Gasteiger partial charge on any atom is 0.416 e. The summed E-state index contributed by atoms with van der Waals surface area (Å²) in [5, 5.41) is 8.52. The monoisotopic (exact) mass is 438 g/mol. The van der Waals surface area contributed by atoms with Gasteiger partial charge in [0.15, 0.2) is 0 Å². The number of halogens is 8. The van der Waals surface area contributed by atoms with Gasteiger partial charge >= 0.3 is 6.18 Å². The van der Waals surface area contributed by atoms with E-state index < -0.39 is 26.2 Å². The smallest absolute Gasteiger partial charge is 0.319 e. The first-order valence-corrected chi connectivity index (χ1v) is 10.2. The van der Waals surface area contributed by atoms with E-state index in [0.717, 1.165) is 0 Å². The second-order valence-electron chi connectivity index (χ2n) is 4.53. The van der Waals surface area contributed by atoms with Crippen molar-refractivity contribution in [1.29, 1.82) is 5.26 Å². The zero-order valence-electron chi connectivity index (χ0n) is 11.3. The minimum atomic E-state index is -4.62. The first kappa shape index (κ1) is 19.5. The predicted octanol–water partition coefficient (Wildman–Crippen LogP) is 7.07. The van der Waals surface area contributed by atoms with Crippen LogP contribution < -0.4 is 0 Å². The summed E-state index contributed by atoms with van der Waals surface area (Å²) in [7, 11) is 8.86. The molecule has 11 heteroatoms. The third-order valence-electron chi connectivity index (χ3n) is 2.97. The Morgan fingerprint density at radius 2 is 1.67 bits per heavy atom. The van der Waals surface area contributed by atoms with Crippen molar-refractivity contribution >= 4 is 53.0 Å².